The average molecular weight is 290 g/mol. The van der Waals surface area contributed by atoms with Crippen molar-refractivity contribution < 1.29 is 0 Å². The zero-order chi connectivity index (χ0) is 15.1. The van der Waals surface area contributed by atoms with Gasteiger partial charge in [0, 0.05) is 12.4 Å². The van der Waals surface area contributed by atoms with Crippen LogP contribution in [-0.2, 0) is 12.8 Å². The third-order valence-electron chi connectivity index (χ3n) is 3.97. The summed E-state index contributed by atoms with van der Waals surface area (Å²) in [7, 11) is 0. The Bertz CT molecular complexity index is 960. The Morgan fingerprint density at radius 3 is 2.64 bits per heavy atom. The van der Waals surface area contributed by atoms with Crippen LogP contribution in [-0.4, -0.2) is 19.2 Å². The van der Waals surface area contributed by atoms with Crippen molar-refractivity contribution >= 4 is 11.0 Å². The summed E-state index contributed by atoms with van der Waals surface area (Å²) in [5.41, 5.74) is 7.14. The van der Waals surface area contributed by atoms with Crippen LogP contribution in [0.5, 0.6) is 0 Å². The second-order valence-corrected chi connectivity index (χ2v) is 5.96. The van der Waals surface area contributed by atoms with E-state index in [1.807, 2.05) is 15.2 Å². The van der Waals surface area contributed by atoms with E-state index < -0.39 is 0 Å². The molecule has 0 atom stereocenters. The fourth-order valence-corrected chi connectivity index (χ4v) is 2.87. The van der Waals surface area contributed by atoms with Gasteiger partial charge in [-0.3, -0.25) is 0 Å². The van der Waals surface area contributed by atoms with Crippen molar-refractivity contribution in [2.75, 3.05) is 0 Å². The lowest BCUT2D eigenvalue weighted by Gasteiger charge is -2.00. The summed E-state index contributed by atoms with van der Waals surface area (Å²) in [6.45, 7) is 4.16. The Hall–Kier alpha value is -2.62. The molecule has 0 aromatic carbocycles. The molecule has 4 heterocycles. The maximum atomic E-state index is 4.67. The van der Waals surface area contributed by atoms with E-state index in [-0.39, 0.29) is 0 Å². The standard InChI is InChI=1S/C18H18N4/c1-13-7-18-9-15(12-21(18)19-10-13)3-4-16-5-6-17-8-14(2)11-22(17)20-16/h5-12H,3-4H2,1-2H3. The van der Waals surface area contributed by atoms with Crippen molar-refractivity contribution in [1.29, 1.82) is 0 Å². The van der Waals surface area contributed by atoms with Crippen molar-refractivity contribution in [2.24, 2.45) is 0 Å². The first-order valence-electron chi connectivity index (χ1n) is 7.56. The molecule has 0 aliphatic rings. The largest absolute Gasteiger partial charge is 0.241 e. The Kier molecular flexibility index (Phi) is 2.96. The molecular weight excluding hydrogens is 272 g/mol. The van der Waals surface area contributed by atoms with Crippen molar-refractivity contribution in [3.8, 4) is 0 Å². The highest BCUT2D eigenvalue weighted by Crippen LogP contribution is 2.13. The number of aromatic nitrogens is 4. The summed E-state index contributed by atoms with van der Waals surface area (Å²) >= 11 is 0. The molecule has 22 heavy (non-hydrogen) atoms. The molecule has 0 saturated heterocycles. The van der Waals surface area contributed by atoms with Gasteiger partial charge in [-0.05, 0) is 73.7 Å². The van der Waals surface area contributed by atoms with E-state index in [1.165, 1.54) is 16.7 Å². The van der Waals surface area contributed by atoms with Crippen LogP contribution in [0.25, 0.3) is 11.0 Å². The van der Waals surface area contributed by atoms with Gasteiger partial charge in [-0.1, -0.05) is 0 Å². The molecule has 0 saturated carbocycles. The molecule has 4 aromatic rings. The first-order chi connectivity index (χ1) is 10.7. The minimum atomic E-state index is 0.934. The van der Waals surface area contributed by atoms with Crippen LogP contribution >= 0.6 is 0 Å². The molecule has 0 radical (unpaired) electrons. The molecule has 0 amide bonds. The van der Waals surface area contributed by atoms with Crippen molar-refractivity contribution in [1.82, 2.24) is 19.2 Å². The number of hydrogen-bond donors (Lipinski definition) is 0. The lowest BCUT2D eigenvalue weighted by atomic mass is 10.1. The highest BCUT2D eigenvalue weighted by molar-refractivity contribution is 5.51. The monoisotopic (exact) mass is 290 g/mol. The predicted octanol–water partition coefficient (Wildman–Crippen LogP) is 3.38. The Balaban J connectivity index is 1.56. The van der Waals surface area contributed by atoms with Gasteiger partial charge in [0.15, 0.2) is 0 Å². The minimum absolute atomic E-state index is 0.934. The van der Waals surface area contributed by atoms with E-state index in [2.05, 4.69) is 66.8 Å². The topological polar surface area (TPSA) is 34.6 Å². The van der Waals surface area contributed by atoms with Crippen LogP contribution < -0.4 is 0 Å². The van der Waals surface area contributed by atoms with Crippen LogP contribution in [0.15, 0.2) is 48.9 Å². The molecule has 0 bridgehead atoms. The lowest BCUT2D eigenvalue weighted by molar-refractivity contribution is 0.823. The van der Waals surface area contributed by atoms with Crippen LogP contribution in [0.1, 0.15) is 22.4 Å². The van der Waals surface area contributed by atoms with Gasteiger partial charge in [-0.15, -0.1) is 0 Å². The third kappa shape index (κ3) is 2.37. The zero-order valence-corrected chi connectivity index (χ0v) is 12.8. The number of hydrogen-bond acceptors (Lipinski definition) is 2. The number of aryl methyl sites for hydroxylation is 4. The summed E-state index contributed by atoms with van der Waals surface area (Å²) in [5.74, 6) is 0. The van der Waals surface area contributed by atoms with Gasteiger partial charge in [0.2, 0.25) is 0 Å². The summed E-state index contributed by atoms with van der Waals surface area (Å²) in [4.78, 5) is 0. The molecule has 4 nitrogen and oxygen atoms in total. The van der Waals surface area contributed by atoms with Gasteiger partial charge in [0.25, 0.3) is 0 Å². The van der Waals surface area contributed by atoms with Gasteiger partial charge >= 0.3 is 0 Å². The van der Waals surface area contributed by atoms with E-state index in [0.29, 0.717) is 0 Å². The molecule has 0 unspecified atom stereocenters. The van der Waals surface area contributed by atoms with E-state index >= 15 is 0 Å². The Morgan fingerprint density at radius 1 is 0.864 bits per heavy atom. The van der Waals surface area contributed by atoms with E-state index in [4.69, 9.17) is 0 Å². The Morgan fingerprint density at radius 2 is 1.73 bits per heavy atom. The van der Waals surface area contributed by atoms with E-state index in [1.54, 1.807) is 0 Å². The van der Waals surface area contributed by atoms with Crippen LogP contribution in [0.2, 0.25) is 0 Å². The smallest absolute Gasteiger partial charge is 0.0652 e. The minimum Gasteiger partial charge on any atom is -0.241 e. The number of nitrogens with zero attached hydrogens (tertiary/aromatic N) is 4. The molecular formula is C18H18N4. The second-order valence-electron chi connectivity index (χ2n) is 5.96. The highest BCUT2D eigenvalue weighted by atomic mass is 15.2. The highest BCUT2D eigenvalue weighted by Gasteiger charge is 2.04. The third-order valence-corrected chi connectivity index (χ3v) is 3.97. The summed E-state index contributed by atoms with van der Waals surface area (Å²) in [6, 6.07) is 10.8. The first-order valence-corrected chi connectivity index (χ1v) is 7.56. The summed E-state index contributed by atoms with van der Waals surface area (Å²) in [6.07, 6.45) is 7.97. The van der Waals surface area contributed by atoms with Gasteiger partial charge in [-0.2, -0.15) is 10.2 Å². The second kappa shape index (κ2) is 4.98. The quantitative estimate of drug-likeness (QED) is 0.579. The normalized spacial score (nSPS) is 11.5. The number of rotatable bonds is 3. The molecule has 110 valence electrons. The molecule has 0 aliphatic heterocycles. The van der Waals surface area contributed by atoms with Crippen LogP contribution in [0, 0.1) is 13.8 Å². The summed E-state index contributed by atoms with van der Waals surface area (Å²) in [5, 5.41) is 9.07. The molecule has 0 aliphatic carbocycles. The SMILES string of the molecule is Cc1cnn2cc(CCc3ccc4cc(C)cn4n3)cc2c1. The first kappa shape index (κ1) is 13.1. The zero-order valence-electron chi connectivity index (χ0n) is 12.8. The van der Waals surface area contributed by atoms with Gasteiger partial charge < -0.3 is 0 Å². The maximum Gasteiger partial charge on any atom is 0.0652 e. The van der Waals surface area contributed by atoms with Crippen molar-refractivity contribution in [3.05, 3.63) is 71.3 Å². The predicted molar refractivity (Wildman–Crippen MR) is 87.3 cm³/mol. The molecule has 0 fully saturated rings. The van der Waals surface area contributed by atoms with Crippen LogP contribution in [0.3, 0.4) is 0 Å². The van der Waals surface area contributed by atoms with Crippen LogP contribution in [0.4, 0.5) is 0 Å². The van der Waals surface area contributed by atoms with E-state index in [0.717, 1.165) is 29.6 Å². The Labute approximate surface area is 129 Å². The van der Waals surface area contributed by atoms with E-state index in [9.17, 15) is 0 Å². The molecule has 4 heteroatoms. The van der Waals surface area contributed by atoms with Gasteiger partial charge in [0.1, 0.15) is 0 Å². The maximum absolute atomic E-state index is 4.67. The number of fused-ring (bicyclic) bond motifs is 2. The molecule has 4 aromatic heterocycles. The van der Waals surface area contributed by atoms with Gasteiger partial charge in [0.05, 0.1) is 22.9 Å². The van der Waals surface area contributed by atoms with Crippen molar-refractivity contribution in [2.45, 2.75) is 26.7 Å². The summed E-state index contributed by atoms with van der Waals surface area (Å²) < 4.78 is 3.90. The lowest BCUT2D eigenvalue weighted by Crippen LogP contribution is -1.98. The molecule has 0 spiro atoms. The fraction of sp³-hybridized carbons (Fsp3) is 0.222. The van der Waals surface area contributed by atoms with Gasteiger partial charge in [-0.25, -0.2) is 9.03 Å². The average Bonchev–Trinajstić information content (AvgIpc) is 3.05. The molecule has 4 rings (SSSR count). The van der Waals surface area contributed by atoms with Crippen molar-refractivity contribution in [3.63, 3.8) is 0 Å². The fourth-order valence-electron chi connectivity index (χ4n) is 2.87. The molecule has 0 N–H and O–H groups in total.